The third-order valence-electron chi connectivity index (χ3n) is 5.76. The number of fused-ring (bicyclic) bond motifs is 1. The summed E-state index contributed by atoms with van der Waals surface area (Å²) in [5, 5.41) is 5.94. The Morgan fingerprint density at radius 3 is 2.42 bits per heavy atom. The zero-order chi connectivity index (χ0) is 23.5. The summed E-state index contributed by atoms with van der Waals surface area (Å²) >= 11 is 5.85. The Labute approximate surface area is 195 Å². The van der Waals surface area contributed by atoms with Crippen molar-refractivity contribution in [3.8, 4) is 0 Å². The van der Waals surface area contributed by atoms with Gasteiger partial charge in [0.1, 0.15) is 17.0 Å². The standard InChI is InChI=1S/C23H24ClN5O4/c1-29(2)23(32)14-7-5-13(6-8-14)21(30)28-19-18-16(4-3-11-25-18)33-20(19)22(31)27-17-10-9-15(24)12-26-17/h3-4,9-14H,5-8H2,1-2H3,(H,28,30)(H,26,27,31). The molecule has 0 unspecified atom stereocenters. The molecule has 3 aromatic rings. The van der Waals surface area contributed by atoms with Crippen LogP contribution in [0.5, 0.6) is 0 Å². The number of halogens is 1. The third kappa shape index (κ3) is 4.98. The number of hydrogen-bond acceptors (Lipinski definition) is 6. The van der Waals surface area contributed by atoms with Gasteiger partial charge in [0, 0.05) is 38.3 Å². The highest BCUT2D eigenvalue weighted by Gasteiger charge is 2.32. The molecule has 4 rings (SSSR count). The van der Waals surface area contributed by atoms with Crippen molar-refractivity contribution >= 4 is 51.9 Å². The number of nitrogens with zero attached hydrogens (tertiary/aromatic N) is 3. The van der Waals surface area contributed by atoms with E-state index < -0.39 is 5.91 Å². The first kappa shape index (κ1) is 22.7. The maximum Gasteiger partial charge on any atom is 0.294 e. The second kappa shape index (κ2) is 9.58. The summed E-state index contributed by atoms with van der Waals surface area (Å²) < 4.78 is 5.73. The third-order valence-corrected chi connectivity index (χ3v) is 5.98. The lowest BCUT2D eigenvalue weighted by atomic mass is 9.81. The van der Waals surface area contributed by atoms with E-state index in [-0.39, 0.29) is 35.1 Å². The molecule has 1 saturated carbocycles. The van der Waals surface area contributed by atoms with Crippen LogP contribution in [0, 0.1) is 11.8 Å². The first-order valence-electron chi connectivity index (χ1n) is 10.7. The fourth-order valence-electron chi connectivity index (χ4n) is 4.02. The summed E-state index contributed by atoms with van der Waals surface area (Å²) in [6.07, 6.45) is 5.46. The molecule has 9 nitrogen and oxygen atoms in total. The summed E-state index contributed by atoms with van der Waals surface area (Å²) in [4.78, 5) is 48.1. The number of carbonyl (C=O) groups excluding carboxylic acids is 3. The molecule has 3 heterocycles. The Balaban J connectivity index is 1.52. The predicted octanol–water partition coefficient (Wildman–Crippen LogP) is 3.96. The number of anilines is 2. The van der Waals surface area contributed by atoms with Crippen LogP contribution in [-0.4, -0.2) is 46.7 Å². The van der Waals surface area contributed by atoms with Gasteiger partial charge < -0.3 is 20.0 Å². The van der Waals surface area contributed by atoms with Gasteiger partial charge in [-0.2, -0.15) is 0 Å². The molecule has 33 heavy (non-hydrogen) atoms. The molecule has 10 heteroatoms. The van der Waals surface area contributed by atoms with Crippen LogP contribution in [0.2, 0.25) is 5.02 Å². The Bertz CT molecular complexity index is 1180. The van der Waals surface area contributed by atoms with Gasteiger partial charge in [-0.15, -0.1) is 0 Å². The van der Waals surface area contributed by atoms with Crippen LogP contribution in [0.3, 0.4) is 0 Å². The van der Waals surface area contributed by atoms with Gasteiger partial charge in [0.05, 0.1) is 5.02 Å². The largest absolute Gasteiger partial charge is 0.447 e. The minimum Gasteiger partial charge on any atom is -0.447 e. The van der Waals surface area contributed by atoms with Gasteiger partial charge in [0.15, 0.2) is 5.58 Å². The van der Waals surface area contributed by atoms with Crippen LogP contribution in [0.15, 0.2) is 41.1 Å². The summed E-state index contributed by atoms with van der Waals surface area (Å²) in [7, 11) is 3.48. The average Bonchev–Trinajstić information content (AvgIpc) is 3.18. The van der Waals surface area contributed by atoms with Crippen molar-refractivity contribution in [1.82, 2.24) is 14.9 Å². The molecule has 0 spiro atoms. The molecule has 0 aromatic carbocycles. The first-order chi connectivity index (χ1) is 15.8. The summed E-state index contributed by atoms with van der Waals surface area (Å²) in [5.41, 5.74) is 0.979. The molecule has 1 aliphatic rings. The summed E-state index contributed by atoms with van der Waals surface area (Å²) in [6, 6.07) is 6.52. The lowest BCUT2D eigenvalue weighted by Gasteiger charge is -2.28. The van der Waals surface area contributed by atoms with Gasteiger partial charge in [-0.3, -0.25) is 19.4 Å². The Morgan fingerprint density at radius 1 is 1.03 bits per heavy atom. The van der Waals surface area contributed by atoms with Crippen molar-refractivity contribution in [2.24, 2.45) is 11.8 Å². The number of pyridine rings is 2. The van der Waals surface area contributed by atoms with E-state index >= 15 is 0 Å². The van der Waals surface area contributed by atoms with Crippen LogP contribution in [0.1, 0.15) is 36.2 Å². The van der Waals surface area contributed by atoms with Gasteiger partial charge in [-0.25, -0.2) is 4.98 Å². The minimum atomic E-state index is -0.571. The Kier molecular flexibility index (Phi) is 6.60. The van der Waals surface area contributed by atoms with Gasteiger partial charge in [-0.1, -0.05) is 11.6 Å². The van der Waals surface area contributed by atoms with Crippen molar-refractivity contribution in [3.63, 3.8) is 0 Å². The first-order valence-corrected chi connectivity index (χ1v) is 11.0. The smallest absolute Gasteiger partial charge is 0.294 e. The van der Waals surface area contributed by atoms with Crippen LogP contribution in [-0.2, 0) is 9.59 Å². The lowest BCUT2D eigenvalue weighted by Crippen LogP contribution is -2.35. The second-order valence-corrected chi connectivity index (χ2v) is 8.68. The van der Waals surface area contributed by atoms with Crippen LogP contribution < -0.4 is 10.6 Å². The molecule has 3 aromatic heterocycles. The molecule has 0 aliphatic heterocycles. The molecular formula is C23H24ClN5O4. The number of aromatic nitrogens is 2. The van der Waals surface area contributed by atoms with E-state index in [0.29, 0.717) is 47.6 Å². The van der Waals surface area contributed by atoms with Gasteiger partial charge >= 0.3 is 0 Å². The maximum atomic E-state index is 13.1. The summed E-state index contributed by atoms with van der Waals surface area (Å²) in [5.74, 6) is -0.804. The van der Waals surface area contributed by atoms with Gasteiger partial charge in [-0.05, 0) is 49.9 Å². The van der Waals surface area contributed by atoms with E-state index in [1.807, 2.05) is 0 Å². The van der Waals surface area contributed by atoms with Crippen LogP contribution in [0.4, 0.5) is 11.5 Å². The topological polar surface area (TPSA) is 117 Å². The van der Waals surface area contributed by atoms with E-state index in [1.54, 1.807) is 49.5 Å². The average molecular weight is 470 g/mol. The molecule has 2 N–H and O–H groups in total. The highest BCUT2D eigenvalue weighted by Crippen LogP contribution is 2.34. The van der Waals surface area contributed by atoms with E-state index in [0.717, 1.165) is 0 Å². The summed E-state index contributed by atoms with van der Waals surface area (Å²) in [6.45, 7) is 0. The number of hydrogen-bond donors (Lipinski definition) is 2. The van der Waals surface area contributed by atoms with E-state index in [9.17, 15) is 14.4 Å². The maximum absolute atomic E-state index is 13.1. The van der Waals surface area contributed by atoms with Crippen molar-refractivity contribution in [2.45, 2.75) is 25.7 Å². The molecule has 0 radical (unpaired) electrons. The fraction of sp³-hybridized carbons (Fsp3) is 0.348. The van der Waals surface area contributed by atoms with Crippen LogP contribution >= 0.6 is 11.6 Å². The molecule has 172 valence electrons. The quantitative estimate of drug-likeness (QED) is 0.584. The molecule has 0 atom stereocenters. The Hall–Kier alpha value is -3.46. The van der Waals surface area contributed by atoms with Gasteiger partial charge in [0.2, 0.25) is 17.6 Å². The zero-order valence-corrected chi connectivity index (χ0v) is 19.1. The Morgan fingerprint density at radius 2 is 1.76 bits per heavy atom. The number of carbonyl (C=O) groups is 3. The van der Waals surface area contributed by atoms with Crippen LogP contribution in [0.25, 0.3) is 11.1 Å². The zero-order valence-electron chi connectivity index (χ0n) is 18.3. The lowest BCUT2D eigenvalue weighted by molar-refractivity contribution is -0.135. The minimum absolute atomic E-state index is 0.0614. The molecule has 3 amide bonds. The predicted molar refractivity (Wildman–Crippen MR) is 124 cm³/mol. The number of rotatable bonds is 5. The van der Waals surface area contributed by atoms with Crippen molar-refractivity contribution in [1.29, 1.82) is 0 Å². The molecule has 0 saturated heterocycles. The highest BCUT2D eigenvalue weighted by atomic mass is 35.5. The van der Waals surface area contributed by atoms with E-state index in [4.69, 9.17) is 16.0 Å². The normalized spacial score (nSPS) is 18.0. The molecule has 0 bridgehead atoms. The van der Waals surface area contributed by atoms with Crippen molar-refractivity contribution in [3.05, 3.63) is 47.4 Å². The van der Waals surface area contributed by atoms with Crippen molar-refractivity contribution in [2.75, 3.05) is 24.7 Å². The highest BCUT2D eigenvalue weighted by molar-refractivity contribution is 6.30. The second-order valence-electron chi connectivity index (χ2n) is 8.24. The van der Waals surface area contributed by atoms with E-state index in [1.165, 1.54) is 6.20 Å². The molecule has 1 aliphatic carbocycles. The number of furan rings is 1. The SMILES string of the molecule is CN(C)C(=O)C1CCC(C(=O)Nc2c(C(=O)Nc3ccc(Cl)cn3)oc3cccnc23)CC1. The molecule has 1 fully saturated rings. The number of amides is 3. The number of nitrogens with one attached hydrogen (secondary N) is 2. The molecular weight excluding hydrogens is 446 g/mol. The van der Waals surface area contributed by atoms with E-state index in [2.05, 4.69) is 20.6 Å². The monoisotopic (exact) mass is 469 g/mol. The van der Waals surface area contributed by atoms with Crippen molar-refractivity contribution < 1.29 is 18.8 Å². The fourth-order valence-corrected chi connectivity index (χ4v) is 4.13. The van der Waals surface area contributed by atoms with Gasteiger partial charge in [0.25, 0.3) is 5.91 Å².